The quantitative estimate of drug-likeness (QED) is 0.389. The predicted molar refractivity (Wildman–Crippen MR) is 119 cm³/mol. The molecule has 32 heavy (non-hydrogen) atoms. The number of carbonyl (C=O) groups is 2. The maximum absolute atomic E-state index is 11.8. The van der Waals surface area contributed by atoms with Crippen molar-refractivity contribution in [2.45, 2.75) is 36.7 Å². The van der Waals surface area contributed by atoms with Crippen LogP contribution in [0.3, 0.4) is 0 Å². The lowest BCUT2D eigenvalue weighted by Crippen LogP contribution is -2.27. The molecule has 9 heteroatoms. The van der Waals surface area contributed by atoms with Crippen molar-refractivity contribution in [2.75, 3.05) is 20.5 Å². The molecule has 3 unspecified atom stereocenters. The molecule has 2 aromatic carbocycles. The number of hydrogen-bond donors (Lipinski definition) is 2. The van der Waals surface area contributed by atoms with E-state index in [2.05, 4.69) is 5.32 Å². The van der Waals surface area contributed by atoms with Crippen molar-refractivity contribution in [3.8, 4) is 11.5 Å². The molecule has 1 saturated heterocycles. The molecule has 1 heterocycles. The number of nitrogens with one attached hydrogen (secondary N) is 1. The van der Waals surface area contributed by atoms with Crippen molar-refractivity contribution in [1.82, 2.24) is 5.32 Å². The van der Waals surface area contributed by atoms with Gasteiger partial charge in [-0.15, -0.1) is 0 Å². The van der Waals surface area contributed by atoms with Gasteiger partial charge in [0.2, 0.25) is 5.91 Å². The molecule has 2 aromatic rings. The number of aliphatic hydroxyl groups excluding tert-OH is 1. The Balaban J connectivity index is 1.60. The molecule has 2 N–H and O–H groups in total. The summed E-state index contributed by atoms with van der Waals surface area (Å²) in [7, 11) is 1.59. The summed E-state index contributed by atoms with van der Waals surface area (Å²) < 4.78 is 22.0. The molecular weight excluding hydrogens is 434 g/mol. The van der Waals surface area contributed by atoms with E-state index < -0.39 is 11.7 Å². The number of rotatable bonds is 11. The molecule has 0 aliphatic carbocycles. The van der Waals surface area contributed by atoms with Crippen molar-refractivity contribution >= 4 is 23.6 Å². The Labute approximate surface area is 191 Å². The van der Waals surface area contributed by atoms with Crippen LogP contribution >= 0.6 is 11.8 Å². The van der Waals surface area contributed by atoms with Crippen LogP contribution in [0.2, 0.25) is 0 Å². The Morgan fingerprint density at radius 2 is 1.97 bits per heavy atom. The molecule has 0 saturated carbocycles. The van der Waals surface area contributed by atoms with Gasteiger partial charge in [-0.25, -0.2) is 0 Å². The van der Waals surface area contributed by atoms with E-state index >= 15 is 0 Å². The van der Waals surface area contributed by atoms with Gasteiger partial charge >= 0.3 is 5.97 Å². The number of benzene rings is 2. The fourth-order valence-corrected chi connectivity index (χ4v) is 4.06. The summed E-state index contributed by atoms with van der Waals surface area (Å²) in [6.45, 7) is 1.74. The number of amides is 1. The highest BCUT2D eigenvalue weighted by atomic mass is 32.2. The fraction of sp³-hybridized carbons (Fsp3) is 0.391. The normalized spacial score (nSPS) is 18.7. The minimum absolute atomic E-state index is 0.162. The van der Waals surface area contributed by atoms with Gasteiger partial charge in [0.1, 0.15) is 24.2 Å². The van der Waals surface area contributed by atoms with Gasteiger partial charge in [-0.05, 0) is 41.8 Å². The highest BCUT2D eigenvalue weighted by molar-refractivity contribution is 8.01. The van der Waals surface area contributed by atoms with Crippen LogP contribution in [0, 0.1) is 0 Å². The number of thioether (sulfide) groups is 1. The molecular formula is C23H27NO7S. The van der Waals surface area contributed by atoms with E-state index in [1.807, 2.05) is 48.5 Å². The third-order valence-electron chi connectivity index (χ3n) is 4.84. The second-order valence-corrected chi connectivity index (χ2v) is 8.35. The van der Waals surface area contributed by atoms with Crippen LogP contribution in [0.4, 0.5) is 0 Å². The number of carbonyl (C=O) groups excluding carboxylic acids is 2. The van der Waals surface area contributed by atoms with Crippen LogP contribution < -0.4 is 14.8 Å². The van der Waals surface area contributed by atoms with Crippen LogP contribution in [0.15, 0.2) is 48.5 Å². The molecule has 1 aliphatic rings. The topological polar surface area (TPSA) is 103 Å². The molecule has 1 amide bonds. The highest BCUT2D eigenvalue weighted by Crippen LogP contribution is 2.27. The van der Waals surface area contributed by atoms with E-state index in [9.17, 15) is 14.7 Å². The number of methoxy groups -OCH3 is 1. The molecule has 0 aromatic heterocycles. The molecule has 0 radical (unpaired) electrons. The van der Waals surface area contributed by atoms with Gasteiger partial charge in [-0.1, -0.05) is 43.0 Å². The van der Waals surface area contributed by atoms with E-state index in [-0.39, 0.29) is 36.9 Å². The fourth-order valence-electron chi connectivity index (χ4n) is 3.08. The van der Waals surface area contributed by atoms with E-state index in [1.54, 1.807) is 14.0 Å². The highest BCUT2D eigenvalue weighted by Gasteiger charge is 2.31. The van der Waals surface area contributed by atoms with Crippen molar-refractivity contribution in [3.63, 3.8) is 0 Å². The largest absolute Gasteiger partial charge is 0.497 e. The van der Waals surface area contributed by atoms with E-state index in [0.717, 1.165) is 11.1 Å². The lowest BCUT2D eigenvalue weighted by molar-refractivity contribution is -0.162. The monoisotopic (exact) mass is 461 g/mol. The van der Waals surface area contributed by atoms with Crippen molar-refractivity contribution in [3.05, 3.63) is 59.7 Å². The van der Waals surface area contributed by atoms with Crippen molar-refractivity contribution < 1.29 is 33.6 Å². The van der Waals surface area contributed by atoms with Crippen LogP contribution in [-0.4, -0.2) is 48.3 Å². The summed E-state index contributed by atoms with van der Waals surface area (Å²) in [5.74, 6) is 0.821. The summed E-state index contributed by atoms with van der Waals surface area (Å²) in [5, 5.41) is 11.7. The minimum Gasteiger partial charge on any atom is -0.497 e. The van der Waals surface area contributed by atoms with Crippen molar-refractivity contribution in [2.24, 2.45) is 0 Å². The van der Waals surface area contributed by atoms with Gasteiger partial charge < -0.3 is 29.4 Å². The van der Waals surface area contributed by atoms with Gasteiger partial charge in [0.25, 0.3) is 0 Å². The summed E-state index contributed by atoms with van der Waals surface area (Å²) in [6.07, 6.45) is 0.317. The zero-order chi connectivity index (χ0) is 22.9. The Bertz CT molecular complexity index is 905. The Hall–Kier alpha value is -2.75. The zero-order valence-corrected chi connectivity index (χ0v) is 18.8. The third kappa shape index (κ3) is 6.88. The molecule has 8 nitrogen and oxygen atoms in total. The summed E-state index contributed by atoms with van der Waals surface area (Å²) in [5.41, 5.74) is 0.947. The second kappa shape index (κ2) is 11.8. The second-order valence-electron chi connectivity index (χ2n) is 7.06. The predicted octanol–water partition coefficient (Wildman–Crippen LogP) is 2.79. The molecule has 0 bridgehead atoms. The van der Waals surface area contributed by atoms with E-state index in [1.165, 1.54) is 11.8 Å². The van der Waals surface area contributed by atoms with E-state index in [4.69, 9.17) is 18.9 Å². The first-order chi connectivity index (χ1) is 15.5. The number of ether oxygens (including phenoxy) is 4. The molecule has 3 rings (SSSR count). The van der Waals surface area contributed by atoms with Gasteiger partial charge in [0, 0.05) is 6.42 Å². The summed E-state index contributed by atoms with van der Waals surface area (Å²) >= 11 is 1.20. The Morgan fingerprint density at radius 3 is 2.62 bits per heavy atom. The first-order valence-electron chi connectivity index (χ1n) is 10.2. The minimum atomic E-state index is -0.847. The average Bonchev–Trinajstić information content (AvgIpc) is 3.13. The van der Waals surface area contributed by atoms with Crippen LogP contribution in [-0.2, 0) is 25.5 Å². The third-order valence-corrected chi connectivity index (χ3v) is 5.93. The Morgan fingerprint density at radius 1 is 1.19 bits per heavy atom. The lowest BCUT2D eigenvalue weighted by atomic mass is 10.1. The van der Waals surface area contributed by atoms with Crippen LogP contribution in [0.1, 0.15) is 30.6 Å². The average molecular weight is 462 g/mol. The standard InChI is InChI=1S/C23H27NO7S/c1-3-21(25)31-14-30-19(16-5-4-6-18(12-16)28-2)13-29-17-9-7-15(8-10-17)11-20-22(26)24-23(27)32-20/h4-10,12,19-20,23,27H,3,11,13-14H2,1-2H3,(H,24,26). The number of esters is 1. The summed E-state index contributed by atoms with van der Waals surface area (Å²) in [6, 6.07) is 14.8. The first kappa shape index (κ1) is 23.9. The van der Waals surface area contributed by atoms with Crippen LogP contribution in [0.25, 0.3) is 0 Å². The van der Waals surface area contributed by atoms with Gasteiger partial charge in [-0.3, -0.25) is 9.59 Å². The SMILES string of the molecule is CCC(=O)OCOC(COc1ccc(CC2SC(O)NC2=O)cc1)c1cccc(OC)c1. The molecule has 1 fully saturated rings. The van der Waals surface area contributed by atoms with Crippen molar-refractivity contribution in [1.29, 1.82) is 0 Å². The molecule has 3 atom stereocenters. The molecule has 0 spiro atoms. The smallest absolute Gasteiger partial charge is 0.307 e. The van der Waals surface area contributed by atoms with Crippen LogP contribution in [0.5, 0.6) is 11.5 Å². The zero-order valence-electron chi connectivity index (χ0n) is 18.0. The van der Waals surface area contributed by atoms with Gasteiger partial charge in [0.05, 0.1) is 12.4 Å². The maximum Gasteiger partial charge on any atom is 0.307 e. The number of hydrogen-bond acceptors (Lipinski definition) is 8. The maximum atomic E-state index is 11.8. The first-order valence-corrected chi connectivity index (χ1v) is 11.2. The lowest BCUT2D eigenvalue weighted by Gasteiger charge is -2.19. The van der Waals surface area contributed by atoms with Gasteiger partial charge in [0.15, 0.2) is 12.4 Å². The Kier molecular flexibility index (Phi) is 8.78. The van der Waals surface area contributed by atoms with Gasteiger partial charge in [-0.2, -0.15) is 0 Å². The summed E-state index contributed by atoms with van der Waals surface area (Å²) in [4.78, 5) is 23.2. The molecule has 172 valence electrons. The molecule has 1 aliphatic heterocycles. The number of aliphatic hydroxyl groups is 1. The van der Waals surface area contributed by atoms with E-state index in [0.29, 0.717) is 17.9 Å².